The summed E-state index contributed by atoms with van der Waals surface area (Å²) in [6.45, 7) is 0.277. The Morgan fingerprint density at radius 3 is 2.78 bits per heavy atom. The maximum atomic E-state index is 11.1. The highest BCUT2D eigenvalue weighted by Crippen LogP contribution is 2.46. The molecule has 122 valence electrons. The minimum Gasteiger partial charge on any atom is -0.481 e. The fourth-order valence-electron chi connectivity index (χ4n) is 3.05. The van der Waals surface area contributed by atoms with Crippen LogP contribution in [0.3, 0.4) is 0 Å². The van der Waals surface area contributed by atoms with Gasteiger partial charge in [-0.3, -0.25) is 4.98 Å². The topological polar surface area (TPSA) is 93.9 Å². The molecule has 2 aliphatic heterocycles. The summed E-state index contributed by atoms with van der Waals surface area (Å²) in [6.07, 6.45) is -0.485. The van der Waals surface area contributed by atoms with Gasteiger partial charge in [0.1, 0.15) is 29.4 Å². The molecule has 4 unspecified atom stereocenters. The van der Waals surface area contributed by atoms with E-state index >= 15 is 0 Å². The number of pyridine rings is 2. The van der Waals surface area contributed by atoms with Crippen molar-refractivity contribution in [3.8, 4) is 5.88 Å². The maximum absolute atomic E-state index is 11.1. The Balaban J connectivity index is 1.85. The highest BCUT2D eigenvalue weighted by atomic mass is 35.5. The normalized spacial score (nSPS) is 33.1. The molecule has 0 radical (unpaired) electrons. The second kappa shape index (κ2) is 5.25. The lowest BCUT2D eigenvalue weighted by Gasteiger charge is -2.52. The molecule has 4 atom stereocenters. The number of ether oxygens (including phenoxy) is 3. The number of aliphatic hydroxyl groups excluding tert-OH is 1. The van der Waals surface area contributed by atoms with E-state index in [4.69, 9.17) is 25.8 Å². The number of hydrogen-bond donors (Lipinski definition) is 2. The number of nitrogens with zero attached hydrogens (tertiary/aromatic N) is 2. The van der Waals surface area contributed by atoms with Gasteiger partial charge in [-0.15, -0.1) is 0 Å². The number of aromatic nitrogens is 2. The minimum absolute atomic E-state index is 0.0436. The van der Waals surface area contributed by atoms with Crippen molar-refractivity contribution in [3.63, 3.8) is 0 Å². The molecule has 2 fully saturated rings. The molecule has 0 saturated carbocycles. The van der Waals surface area contributed by atoms with Gasteiger partial charge >= 0.3 is 0 Å². The van der Waals surface area contributed by atoms with Crippen LogP contribution in [0.4, 0.5) is 0 Å². The summed E-state index contributed by atoms with van der Waals surface area (Å²) in [5, 5.41) is 21.2. The van der Waals surface area contributed by atoms with E-state index in [-0.39, 0.29) is 18.2 Å². The zero-order chi connectivity index (χ0) is 16.2. The quantitative estimate of drug-likeness (QED) is 0.848. The van der Waals surface area contributed by atoms with Crippen LogP contribution >= 0.6 is 11.6 Å². The molecule has 0 spiro atoms. The second-order valence-corrected chi connectivity index (χ2v) is 6.13. The van der Waals surface area contributed by atoms with Gasteiger partial charge in [-0.2, -0.15) is 0 Å². The molecular formula is C15H15ClN2O5. The van der Waals surface area contributed by atoms with E-state index in [9.17, 15) is 10.2 Å². The van der Waals surface area contributed by atoms with Gasteiger partial charge in [0.2, 0.25) is 5.88 Å². The number of methoxy groups -OCH3 is 1. The van der Waals surface area contributed by atoms with E-state index in [0.29, 0.717) is 22.5 Å². The molecule has 0 amide bonds. The molecule has 0 aromatic carbocycles. The Bertz CT molecular complexity index is 773. The molecular weight excluding hydrogens is 324 g/mol. The van der Waals surface area contributed by atoms with Gasteiger partial charge < -0.3 is 24.4 Å². The largest absolute Gasteiger partial charge is 0.481 e. The first-order valence-corrected chi connectivity index (χ1v) is 7.56. The van der Waals surface area contributed by atoms with Gasteiger partial charge in [-0.1, -0.05) is 11.6 Å². The Hall–Kier alpha value is -1.51. The van der Waals surface area contributed by atoms with Crippen LogP contribution in [-0.4, -0.2) is 58.8 Å². The molecule has 2 saturated heterocycles. The monoisotopic (exact) mass is 338 g/mol. The van der Waals surface area contributed by atoms with Crippen molar-refractivity contribution in [2.24, 2.45) is 0 Å². The van der Waals surface area contributed by atoms with E-state index in [1.54, 1.807) is 12.1 Å². The van der Waals surface area contributed by atoms with Crippen LogP contribution in [-0.2, 0) is 15.1 Å². The number of hydrogen-bond acceptors (Lipinski definition) is 7. The van der Waals surface area contributed by atoms with Gasteiger partial charge in [0.05, 0.1) is 30.9 Å². The summed E-state index contributed by atoms with van der Waals surface area (Å²) in [5.74, 6) is 0.392. The summed E-state index contributed by atoms with van der Waals surface area (Å²) < 4.78 is 15.9. The minimum atomic E-state index is -1.40. The molecule has 2 aromatic rings. The Morgan fingerprint density at radius 1 is 1.39 bits per heavy atom. The lowest BCUT2D eigenvalue weighted by atomic mass is 9.78. The summed E-state index contributed by atoms with van der Waals surface area (Å²) in [7, 11) is 1.51. The van der Waals surface area contributed by atoms with Crippen molar-refractivity contribution in [1.29, 1.82) is 0 Å². The molecule has 2 aromatic heterocycles. The number of halogens is 1. The summed E-state index contributed by atoms with van der Waals surface area (Å²) in [5.41, 5.74) is 0.0480. The first-order chi connectivity index (χ1) is 11.0. The maximum Gasteiger partial charge on any atom is 0.213 e. The smallest absolute Gasteiger partial charge is 0.213 e. The molecule has 2 N–H and O–H groups in total. The second-order valence-electron chi connectivity index (χ2n) is 5.72. The van der Waals surface area contributed by atoms with Gasteiger partial charge in [-0.25, -0.2) is 4.98 Å². The van der Waals surface area contributed by atoms with E-state index < -0.39 is 23.9 Å². The van der Waals surface area contributed by atoms with Crippen LogP contribution < -0.4 is 4.74 Å². The predicted octanol–water partition coefficient (Wildman–Crippen LogP) is 0.638. The average Bonchev–Trinajstić information content (AvgIpc) is 2.55. The molecule has 0 bridgehead atoms. The van der Waals surface area contributed by atoms with Crippen molar-refractivity contribution in [2.75, 3.05) is 20.3 Å². The van der Waals surface area contributed by atoms with E-state index in [1.807, 2.05) is 0 Å². The highest BCUT2D eigenvalue weighted by Gasteiger charge is 2.58. The van der Waals surface area contributed by atoms with Crippen molar-refractivity contribution < 1.29 is 24.4 Å². The Kier molecular flexibility index (Phi) is 3.44. The Labute approximate surface area is 136 Å². The standard InChI is InChI=1S/C15H15ClN2O5/c1-21-10-3-2-8-12(18-10)11(7(16)4-17-8)15(20)6-23-14(15)13-9(19)5-22-13/h2-4,9,13-14,19-20H,5-6H2,1H3. The molecule has 23 heavy (non-hydrogen) atoms. The van der Waals surface area contributed by atoms with Crippen molar-refractivity contribution >= 4 is 22.6 Å². The fourth-order valence-corrected chi connectivity index (χ4v) is 3.35. The number of rotatable bonds is 3. The first-order valence-electron chi connectivity index (χ1n) is 7.18. The zero-order valence-corrected chi connectivity index (χ0v) is 13.0. The Morgan fingerprint density at radius 2 is 2.22 bits per heavy atom. The molecule has 0 aliphatic carbocycles. The van der Waals surface area contributed by atoms with Crippen LogP contribution in [0.25, 0.3) is 11.0 Å². The molecule has 4 rings (SSSR count). The van der Waals surface area contributed by atoms with Crippen LogP contribution in [0.1, 0.15) is 5.56 Å². The molecule has 4 heterocycles. The van der Waals surface area contributed by atoms with Gasteiger partial charge in [0.15, 0.2) is 0 Å². The van der Waals surface area contributed by atoms with Crippen molar-refractivity contribution in [1.82, 2.24) is 9.97 Å². The third-order valence-corrected chi connectivity index (χ3v) is 4.66. The first kappa shape index (κ1) is 15.0. The fraction of sp³-hybridized carbons (Fsp3) is 0.467. The lowest BCUT2D eigenvalue weighted by Crippen LogP contribution is -2.68. The van der Waals surface area contributed by atoms with Crippen LogP contribution in [0.2, 0.25) is 5.02 Å². The van der Waals surface area contributed by atoms with Crippen LogP contribution in [0.5, 0.6) is 5.88 Å². The molecule has 7 nitrogen and oxygen atoms in total. The lowest BCUT2D eigenvalue weighted by molar-refractivity contribution is -0.323. The number of fused-ring (bicyclic) bond motifs is 1. The highest BCUT2D eigenvalue weighted by molar-refractivity contribution is 6.32. The molecule has 8 heteroatoms. The van der Waals surface area contributed by atoms with Crippen LogP contribution in [0, 0.1) is 0 Å². The van der Waals surface area contributed by atoms with E-state index in [2.05, 4.69) is 9.97 Å². The van der Waals surface area contributed by atoms with Crippen molar-refractivity contribution in [3.05, 3.63) is 28.9 Å². The van der Waals surface area contributed by atoms with E-state index in [1.165, 1.54) is 13.3 Å². The SMILES string of the molecule is COc1ccc2ncc(Cl)c(C3(O)COC3C3OCC3O)c2n1. The zero-order valence-electron chi connectivity index (χ0n) is 12.3. The third kappa shape index (κ3) is 2.12. The molecule has 2 aliphatic rings. The van der Waals surface area contributed by atoms with Gasteiger partial charge in [-0.05, 0) is 6.07 Å². The summed E-state index contributed by atoms with van der Waals surface area (Å²) in [6, 6.07) is 3.43. The third-order valence-electron chi connectivity index (χ3n) is 4.37. The van der Waals surface area contributed by atoms with E-state index in [0.717, 1.165) is 0 Å². The van der Waals surface area contributed by atoms with Crippen molar-refractivity contribution in [2.45, 2.75) is 23.9 Å². The van der Waals surface area contributed by atoms with Crippen LogP contribution in [0.15, 0.2) is 18.3 Å². The summed E-state index contributed by atoms with van der Waals surface area (Å²) in [4.78, 5) is 8.60. The average molecular weight is 339 g/mol. The number of aliphatic hydroxyl groups is 2. The van der Waals surface area contributed by atoms with Gasteiger partial charge in [0, 0.05) is 17.8 Å². The predicted molar refractivity (Wildman–Crippen MR) is 80.5 cm³/mol. The van der Waals surface area contributed by atoms with Gasteiger partial charge in [0.25, 0.3) is 0 Å². The summed E-state index contributed by atoms with van der Waals surface area (Å²) >= 11 is 6.30.